The highest BCUT2D eigenvalue weighted by Gasteiger charge is 2.57. The molecule has 1 fully saturated rings. The third-order valence-corrected chi connectivity index (χ3v) is 11.2. The number of nitrogens with zero attached hydrogens (tertiary/aromatic N) is 2. The average Bonchev–Trinajstić information content (AvgIpc) is 3.47. The molecule has 1 saturated heterocycles. The quantitative estimate of drug-likeness (QED) is 0.269. The van der Waals surface area contributed by atoms with Crippen LogP contribution in [0.3, 0.4) is 0 Å². The van der Waals surface area contributed by atoms with Crippen molar-refractivity contribution in [2.75, 3.05) is 24.4 Å². The van der Waals surface area contributed by atoms with E-state index in [1.165, 1.54) is 48.0 Å². The lowest BCUT2D eigenvalue weighted by molar-refractivity contribution is -0.122. The molecule has 2 aliphatic heterocycles. The van der Waals surface area contributed by atoms with Crippen LogP contribution in [0, 0.1) is 5.92 Å². The standard InChI is InChI=1S/C30H26N4O8S3/c1-41-18-11-9-17(10-12-18)34-27(36)24-23(20-5-3-4-6-21(20)42-2)26-29(43-25(24)28(34)37)33(30(38)44-26)15-22(35)32-16-7-13-19(14-8-16)45(31,39)40/h3-14,23-25H,15H2,1-2H3,(H,32,35)(H2,31,39,40)/t23-,24?,25?/m1/s1. The first kappa shape index (κ1) is 30.6. The lowest BCUT2D eigenvalue weighted by Gasteiger charge is -2.31. The van der Waals surface area contributed by atoms with Crippen molar-refractivity contribution < 1.29 is 32.3 Å². The van der Waals surface area contributed by atoms with Crippen LogP contribution in [0.2, 0.25) is 0 Å². The van der Waals surface area contributed by atoms with Crippen LogP contribution in [0.15, 0.2) is 87.5 Å². The van der Waals surface area contributed by atoms with Crippen molar-refractivity contribution in [1.82, 2.24) is 4.57 Å². The van der Waals surface area contributed by atoms with Gasteiger partial charge in [-0.25, -0.2) is 18.5 Å². The molecule has 3 atom stereocenters. The van der Waals surface area contributed by atoms with Gasteiger partial charge in [0.15, 0.2) is 0 Å². The van der Waals surface area contributed by atoms with Gasteiger partial charge in [-0.1, -0.05) is 41.3 Å². The van der Waals surface area contributed by atoms with Crippen LogP contribution in [0.25, 0.3) is 0 Å². The van der Waals surface area contributed by atoms with Crippen molar-refractivity contribution in [2.45, 2.75) is 27.6 Å². The first-order chi connectivity index (χ1) is 21.5. The summed E-state index contributed by atoms with van der Waals surface area (Å²) >= 11 is 2.01. The number of thioether (sulfide) groups is 1. The summed E-state index contributed by atoms with van der Waals surface area (Å²) < 4.78 is 35.3. The zero-order valence-corrected chi connectivity index (χ0v) is 26.3. The summed E-state index contributed by atoms with van der Waals surface area (Å²) in [7, 11) is -0.880. The van der Waals surface area contributed by atoms with Crippen molar-refractivity contribution in [3.63, 3.8) is 0 Å². The Morgan fingerprint density at radius 1 is 0.933 bits per heavy atom. The minimum Gasteiger partial charge on any atom is -0.497 e. The molecule has 0 saturated carbocycles. The third-order valence-electron chi connectivity index (χ3n) is 7.62. The molecule has 0 aliphatic carbocycles. The summed E-state index contributed by atoms with van der Waals surface area (Å²) in [6.45, 7) is -0.380. The van der Waals surface area contributed by atoms with Gasteiger partial charge in [0.05, 0.1) is 35.7 Å². The number of carbonyl (C=O) groups excluding carboxylic acids is 3. The molecule has 15 heteroatoms. The minimum absolute atomic E-state index is 0.114. The van der Waals surface area contributed by atoms with Gasteiger partial charge in [0.1, 0.15) is 23.3 Å². The molecule has 0 radical (unpaired) electrons. The number of methoxy groups -OCH3 is 2. The molecule has 12 nitrogen and oxygen atoms in total. The van der Waals surface area contributed by atoms with E-state index in [4.69, 9.17) is 14.6 Å². The number of ether oxygens (including phenoxy) is 2. The number of carbonyl (C=O) groups is 3. The number of sulfonamides is 1. The summed E-state index contributed by atoms with van der Waals surface area (Å²) in [6, 6.07) is 19.0. The zero-order valence-electron chi connectivity index (χ0n) is 23.8. The van der Waals surface area contributed by atoms with Gasteiger partial charge in [0.25, 0.3) is 0 Å². The number of aromatic nitrogens is 1. The van der Waals surface area contributed by atoms with E-state index in [-0.39, 0.29) is 11.4 Å². The molecule has 3 aromatic carbocycles. The van der Waals surface area contributed by atoms with E-state index in [2.05, 4.69) is 5.32 Å². The van der Waals surface area contributed by atoms with Gasteiger partial charge in [-0.05, 0) is 54.6 Å². The first-order valence-electron chi connectivity index (χ1n) is 13.5. The monoisotopic (exact) mass is 666 g/mol. The second-order valence-corrected chi connectivity index (χ2v) is 13.9. The number of para-hydroxylation sites is 1. The molecule has 232 valence electrons. The normalized spacial score (nSPS) is 19.2. The number of hydrogen-bond acceptors (Lipinski definition) is 10. The maximum atomic E-state index is 14.1. The van der Waals surface area contributed by atoms with E-state index in [1.54, 1.807) is 48.5 Å². The summed E-state index contributed by atoms with van der Waals surface area (Å²) in [5, 5.41) is 7.34. The van der Waals surface area contributed by atoms with Crippen LogP contribution in [-0.2, 0) is 31.0 Å². The van der Waals surface area contributed by atoms with Gasteiger partial charge < -0.3 is 14.8 Å². The van der Waals surface area contributed by atoms with E-state index in [0.29, 0.717) is 38.3 Å². The topological polar surface area (TPSA) is 167 Å². The fourth-order valence-corrected chi connectivity index (χ4v) is 8.85. The summed E-state index contributed by atoms with van der Waals surface area (Å²) in [5.74, 6) is -1.86. The number of imide groups is 1. The number of primary sulfonamides is 1. The fourth-order valence-electron chi connectivity index (χ4n) is 5.57. The van der Waals surface area contributed by atoms with Crippen LogP contribution in [0.1, 0.15) is 16.4 Å². The second kappa shape index (κ2) is 11.8. The van der Waals surface area contributed by atoms with Crippen molar-refractivity contribution in [3.8, 4) is 11.5 Å². The molecule has 6 rings (SSSR count). The Morgan fingerprint density at radius 3 is 2.27 bits per heavy atom. The maximum Gasteiger partial charge on any atom is 0.308 e. The van der Waals surface area contributed by atoms with Crippen molar-refractivity contribution in [2.24, 2.45) is 11.1 Å². The average molecular weight is 667 g/mol. The number of amides is 3. The molecule has 3 amide bonds. The Labute approximate surface area is 265 Å². The highest BCUT2D eigenvalue weighted by Crippen LogP contribution is 2.55. The molecule has 4 aromatic rings. The highest BCUT2D eigenvalue weighted by atomic mass is 32.2. The highest BCUT2D eigenvalue weighted by molar-refractivity contribution is 8.00. The number of nitrogens with two attached hydrogens (primary N) is 1. The largest absolute Gasteiger partial charge is 0.497 e. The summed E-state index contributed by atoms with van der Waals surface area (Å²) in [4.78, 5) is 55.7. The molecule has 3 N–H and O–H groups in total. The predicted octanol–water partition coefficient (Wildman–Crippen LogP) is 3.01. The predicted molar refractivity (Wildman–Crippen MR) is 168 cm³/mol. The molecule has 2 aliphatic rings. The van der Waals surface area contributed by atoms with E-state index in [9.17, 15) is 27.6 Å². The molecule has 0 bridgehead atoms. The van der Waals surface area contributed by atoms with Crippen molar-refractivity contribution >= 4 is 62.2 Å². The fraction of sp³-hybridized carbons (Fsp3) is 0.200. The van der Waals surface area contributed by atoms with Gasteiger partial charge in [-0.2, -0.15) is 0 Å². The number of thiazole rings is 1. The lowest BCUT2D eigenvalue weighted by atomic mass is 9.82. The van der Waals surface area contributed by atoms with Crippen molar-refractivity contribution in [1.29, 1.82) is 0 Å². The first-order valence-corrected chi connectivity index (χ1v) is 16.7. The van der Waals surface area contributed by atoms with Crippen LogP contribution >= 0.6 is 23.1 Å². The Bertz CT molecular complexity index is 1990. The Balaban J connectivity index is 1.38. The summed E-state index contributed by atoms with van der Waals surface area (Å²) in [5.41, 5.74) is 1.34. The molecule has 1 aromatic heterocycles. The molecular formula is C30H26N4O8S3. The lowest BCUT2D eigenvalue weighted by Crippen LogP contribution is -2.33. The Hall–Kier alpha value is -4.44. The third kappa shape index (κ3) is 5.52. The number of hydrogen-bond donors (Lipinski definition) is 2. The number of anilines is 2. The van der Waals surface area contributed by atoms with E-state index >= 15 is 0 Å². The maximum absolute atomic E-state index is 14.1. The second-order valence-electron chi connectivity index (χ2n) is 10.2. The van der Waals surface area contributed by atoms with Crippen LogP contribution < -0.4 is 29.7 Å². The van der Waals surface area contributed by atoms with Gasteiger partial charge in [0.2, 0.25) is 27.7 Å². The van der Waals surface area contributed by atoms with Crippen LogP contribution in [0.5, 0.6) is 11.5 Å². The molecule has 2 unspecified atom stereocenters. The van der Waals surface area contributed by atoms with E-state index in [0.717, 1.165) is 23.1 Å². The Morgan fingerprint density at radius 2 is 1.62 bits per heavy atom. The molecule has 3 heterocycles. The van der Waals surface area contributed by atoms with Crippen molar-refractivity contribution in [3.05, 3.63) is 92.9 Å². The van der Waals surface area contributed by atoms with E-state index < -0.39 is 49.7 Å². The van der Waals surface area contributed by atoms with Gasteiger partial charge in [-0.3, -0.25) is 23.7 Å². The van der Waals surface area contributed by atoms with Gasteiger partial charge in [0, 0.05) is 22.0 Å². The molecular weight excluding hydrogens is 641 g/mol. The number of nitrogens with one attached hydrogen (secondary N) is 1. The number of benzene rings is 3. The van der Waals surface area contributed by atoms with Gasteiger partial charge >= 0.3 is 4.87 Å². The smallest absolute Gasteiger partial charge is 0.308 e. The van der Waals surface area contributed by atoms with Crippen LogP contribution in [0.4, 0.5) is 11.4 Å². The van der Waals surface area contributed by atoms with Crippen LogP contribution in [-0.4, -0.2) is 50.2 Å². The van der Waals surface area contributed by atoms with E-state index in [1.807, 2.05) is 0 Å². The Kier molecular flexibility index (Phi) is 8.03. The summed E-state index contributed by atoms with van der Waals surface area (Å²) in [6.07, 6.45) is 0. The number of fused-ring (bicyclic) bond motifs is 2. The molecule has 0 spiro atoms. The number of rotatable bonds is 8. The van der Waals surface area contributed by atoms with Gasteiger partial charge in [-0.15, -0.1) is 0 Å². The molecule has 45 heavy (non-hydrogen) atoms. The minimum atomic E-state index is -3.91. The zero-order chi connectivity index (χ0) is 32.0. The SMILES string of the molecule is COc1ccc(N2C(=O)C3Sc4c(sc(=O)n4CC(=O)Nc4ccc(S(N)(=O)=O)cc4)[C@H](c4ccccc4OC)C3C2=O)cc1.